The molecule has 0 bridgehead atoms. The molecule has 11 rings (SSSR count). The van der Waals surface area contributed by atoms with Crippen molar-refractivity contribution in [3.63, 3.8) is 0 Å². The van der Waals surface area contributed by atoms with Crippen molar-refractivity contribution < 1.29 is 0 Å². The van der Waals surface area contributed by atoms with Gasteiger partial charge in [0.25, 0.3) is 0 Å². The molecule has 0 aliphatic heterocycles. The summed E-state index contributed by atoms with van der Waals surface area (Å²) in [5.41, 5.74) is 10.8. The van der Waals surface area contributed by atoms with E-state index in [0.29, 0.717) is 17.5 Å². The molecule has 0 aliphatic rings. The third-order valence-corrected chi connectivity index (χ3v) is 10.6. The summed E-state index contributed by atoms with van der Waals surface area (Å²) in [7, 11) is 0. The Morgan fingerprint density at radius 3 is 0.943 bits per heavy atom. The van der Waals surface area contributed by atoms with Crippen molar-refractivity contribution in [2.45, 2.75) is 13.8 Å². The lowest BCUT2D eigenvalue weighted by molar-refractivity contribution is 0.927. The van der Waals surface area contributed by atoms with Crippen molar-refractivity contribution >= 4 is 65.4 Å². The van der Waals surface area contributed by atoms with Crippen LogP contribution in [0.5, 0.6) is 0 Å². The van der Waals surface area contributed by atoms with Crippen molar-refractivity contribution in [3.05, 3.63) is 169 Å². The Labute approximate surface area is 304 Å². The van der Waals surface area contributed by atoms with Gasteiger partial charge in [0.05, 0.1) is 50.2 Å². The molecule has 0 aliphatic carbocycles. The minimum Gasteiger partial charge on any atom is -0.307 e. The summed E-state index contributed by atoms with van der Waals surface area (Å²) in [6.07, 6.45) is 0. The lowest BCUT2D eigenvalue weighted by atomic mass is 10.1. The van der Waals surface area contributed by atoms with Crippen LogP contribution in [0.25, 0.3) is 93.9 Å². The lowest BCUT2D eigenvalue weighted by Crippen LogP contribution is -2.10. The Kier molecular flexibility index (Phi) is 6.28. The van der Waals surface area contributed by atoms with E-state index in [1.54, 1.807) is 0 Å². The molecule has 6 nitrogen and oxygen atoms in total. The highest BCUT2D eigenvalue weighted by Crippen LogP contribution is 2.44. The van der Waals surface area contributed by atoms with Gasteiger partial charge >= 0.3 is 0 Å². The SMILES string of the molecule is Cc1nc(C)nc(-c2cc(-n3c4ccccc4c4ccccc43)c(-n3c4ccccc4c4ccccc43)c(-n3c4ccccc4c4ccccc43)c2)n1. The Morgan fingerprint density at radius 1 is 0.340 bits per heavy atom. The van der Waals surface area contributed by atoms with Gasteiger partial charge in [0.2, 0.25) is 0 Å². The zero-order valence-electron chi connectivity index (χ0n) is 29.2. The number of nitrogens with zero attached hydrogens (tertiary/aromatic N) is 6. The Balaban J connectivity index is 1.43. The van der Waals surface area contributed by atoms with E-state index in [-0.39, 0.29) is 0 Å². The molecule has 11 aromatic rings. The van der Waals surface area contributed by atoms with Gasteiger partial charge in [-0.05, 0) is 62.4 Å². The zero-order valence-corrected chi connectivity index (χ0v) is 29.2. The van der Waals surface area contributed by atoms with E-state index >= 15 is 0 Å². The topological polar surface area (TPSA) is 53.5 Å². The van der Waals surface area contributed by atoms with E-state index < -0.39 is 0 Å². The van der Waals surface area contributed by atoms with Crippen LogP contribution in [0.15, 0.2) is 158 Å². The number of hydrogen-bond donors (Lipinski definition) is 0. The number of benzene rings is 7. The van der Waals surface area contributed by atoms with Crippen LogP contribution < -0.4 is 0 Å². The summed E-state index contributed by atoms with van der Waals surface area (Å²) in [5.74, 6) is 2.03. The quantitative estimate of drug-likeness (QED) is 0.186. The molecule has 0 saturated heterocycles. The number of rotatable bonds is 4. The second-order valence-corrected chi connectivity index (χ2v) is 13.7. The highest BCUT2D eigenvalue weighted by Gasteiger charge is 2.26. The fraction of sp³-hybridized carbons (Fsp3) is 0.0426. The second kappa shape index (κ2) is 11.2. The molecule has 4 heterocycles. The number of hydrogen-bond acceptors (Lipinski definition) is 3. The van der Waals surface area contributed by atoms with Gasteiger partial charge in [-0.15, -0.1) is 0 Å². The number of aromatic nitrogens is 6. The number of para-hydroxylation sites is 6. The maximum atomic E-state index is 4.94. The summed E-state index contributed by atoms with van der Waals surface area (Å²) in [4.78, 5) is 14.4. The Morgan fingerprint density at radius 2 is 0.623 bits per heavy atom. The maximum Gasteiger partial charge on any atom is 0.163 e. The molecule has 0 unspecified atom stereocenters. The summed E-state index contributed by atoms with van der Waals surface area (Å²) >= 11 is 0. The maximum absolute atomic E-state index is 4.94. The van der Waals surface area contributed by atoms with Crippen molar-refractivity contribution in [1.29, 1.82) is 0 Å². The highest BCUT2D eigenvalue weighted by molar-refractivity contribution is 6.13. The molecule has 0 radical (unpaired) electrons. The fourth-order valence-electron chi connectivity index (χ4n) is 8.58. The van der Waals surface area contributed by atoms with Crippen LogP contribution in [0.2, 0.25) is 0 Å². The standard InChI is InChI=1S/C47H32N6/c1-29-48-30(2)50-47(49-29)31-27-44(51-38-21-9-3-15-32(38)33-16-4-10-22-39(33)51)46(53-42-25-13-7-19-36(42)37-20-8-14-26-43(37)53)45(28-31)52-40-23-11-5-17-34(40)35-18-6-12-24-41(35)52/h3-28H,1-2H3. The number of fused-ring (bicyclic) bond motifs is 9. The van der Waals surface area contributed by atoms with Gasteiger partial charge in [-0.25, -0.2) is 15.0 Å². The van der Waals surface area contributed by atoms with E-state index in [1.165, 1.54) is 32.3 Å². The Bertz CT molecular complexity index is 2950. The molecule has 7 aromatic carbocycles. The van der Waals surface area contributed by atoms with E-state index in [1.807, 2.05) is 13.8 Å². The average Bonchev–Trinajstić information content (AvgIpc) is 3.83. The largest absolute Gasteiger partial charge is 0.307 e. The van der Waals surface area contributed by atoms with Crippen molar-refractivity contribution in [1.82, 2.24) is 28.7 Å². The second-order valence-electron chi connectivity index (χ2n) is 13.7. The third-order valence-electron chi connectivity index (χ3n) is 10.6. The fourth-order valence-corrected chi connectivity index (χ4v) is 8.58. The van der Waals surface area contributed by atoms with Crippen LogP contribution in [0.1, 0.15) is 11.6 Å². The first-order valence-corrected chi connectivity index (χ1v) is 18.0. The van der Waals surface area contributed by atoms with Gasteiger partial charge in [0.1, 0.15) is 11.6 Å². The summed E-state index contributed by atoms with van der Waals surface area (Å²) in [5, 5.41) is 7.22. The molecule has 0 amide bonds. The smallest absolute Gasteiger partial charge is 0.163 e. The van der Waals surface area contributed by atoms with Gasteiger partial charge in [-0.2, -0.15) is 0 Å². The summed E-state index contributed by atoms with van der Waals surface area (Å²) < 4.78 is 7.34. The molecule has 0 N–H and O–H groups in total. The van der Waals surface area contributed by atoms with Gasteiger partial charge in [0.15, 0.2) is 5.82 Å². The van der Waals surface area contributed by atoms with Crippen molar-refractivity contribution in [2.75, 3.05) is 0 Å². The molecule has 250 valence electrons. The summed E-state index contributed by atoms with van der Waals surface area (Å²) in [6, 6.07) is 56.9. The summed E-state index contributed by atoms with van der Waals surface area (Å²) in [6.45, 7) is 3.87. The molecular weight excluding hydrogens is 649 g/mol. The molecular formula is C47H32N6. The zero-order chi connectivity index (χ0) is 35.2. The minimum absolute atomic E-state index is 0.646. The normalized spacial score (nSPS) is 12.0. The predicted octanol–water partition coefficient (Wildman–Crippen LogP) is 11.4. The first kappa shape index (κ1) is 29.7. The molecule has 6 heteroatoms. The van der Waals surface area contributed by atoms with Crippen molar-refractivity contribution in [3.8, 4) is 28.5 Å². The Hall–Kier alpha value is -7.05. The predicted molar refractivity (Wildman–Crippen MR) is 218 cm³/mol. The molecule has 0 atom stereocenters. The molecule has 0 spiro atoms. The monoisotopic (exact) mass is 680 g/mol. The minimum atomic E-state index is 0.646. The van der Waals surface area contributed by atoms with E-state index in [2.05, 4.69) is 176 Å². The van der Waals surface area contributed by atoms with Gasteiger partial charge in [-0.3, -0.25) is 0 Å². The van der Waals surface area contributed by atoms with Gasteiger partial charge in [-0.1, -0.05) is 109 Å². The number of aryl methyl sites for hydroxylation is 2. The third kappa shape index (κ3) is 4.29. The first-order valence-electron chi connectivity index (χ1n) is 18.0. The van der Waals surface area contributed by atoms with E-state index in [4.69, 9.17) is 9.97 Å². The van der Waals surface area contributed by atoms with Crippen LogP contribution in [0, 0.1) is 13.8 Å². The molecule has 0 saturated carbocycles. The van der Waals surface area contributed by atoms with Crippen LogP contribution in [-0.2, 0) is 0 Å². The van der Waals surface area contributed by atoms with Gasteiger partial charge in [0, 0.05) is 37.9 Å². The van der Waals surface area contributed by atoms with Crippen LogP contribution in [0.3, 0.4) is 0 Å². The van der Waals surface area contributed by atoms with Gasteiger partial charge < -0.3 is 13.7 Å². The van der Waals surface area contributed by atoms with E-state index in [0.717, 1.165) is 55.7 Å². The van der Waals surface area contributed by atoms with Crippen LogP contribution in [0.4, 0.5) is 0 Å². The molecule has 0 fully saturated rings. The average molecular weight is 681 g/mol. The molecule has 4 aromatic heterocycles. The highest BCUT2D eigenvalue weighted by atomic mass is 15.1. The van der Waals surface area contributed by atoms with Crippen molar-refractivity contribution in [2.24, 2.45) is 0 Å². The van der Waals surface area contributed by atoms with Crippen LogP contribution in [-0.4, -0.2) is 28.7 Å². The van der Waals surface area contributed by atoms with E-state index in [9.17, 15) is 0 Å². The van der Waals surface area contributed by atoms with Crippen LogP contribution >= 0.6 is 0 Å². The lowest BCUT2D eigenvalue weighted by Gasteiger charge is -2.23. The molecule has 53 heavy (non-hydrogen) atoms. The first-order chi connectivity index (χ1) is 26.1.